The number of nitrogens with one attached hydrogen (secondary N) is 3. The molecular formula is C34H47N7O2. The van der Waals surface area contributed by atoms with Crippen LogP contribution in [-0.2, 0) is 21.4 Å². The Labute approximate surface area is 256 Å². The number of aromatic nitrogens is 1. The molecule has 1 aliphatic rings. The van der Waals surface area contributed by atoms with Gasteiger partial charge >= 0.3 is 0 Å². The molecule has 9 heteroatoms. The molecule has 1 aliphatic heterocycles. The van der Waals surface area contributed by atoms with Crippen molar-refractivity contribution in [3.05, 3.63) is 58.7 Å². The van der Waals surface area contributed by atoms with Gasteiger partial charge < -0.3 is 19.9 Å². The van der Waals surface area contributed by atoms with Gasteiger partial charge in [0.1, 0.15) is 0 Å². The molecule has 2 heterocycles. The highest BCUT2D eigenvalue weighted by Gasteiger charge is 2.33. The molecule has 0 spiro atoms. The first kappa shape index (κ1) is 32.1. The average molecular weight is 586 g/mol. The number of guanidine groups is 1. The van der Waals surface area contributed by atoms with Gasteiger partial charge in [-0.3, -0.25) is 20.0 Å². The van der Waals surface area contributed by atoms with E-state index < -0.39 is 5.41 Å². The lowest BCUT2D eigenvalue weighted by Gasteiger charge is -2.31. The fraction of sp³-hybridized carbons (Fsp3) is 0.500. The molecule has 1 saturated heterocycles. The van der Waals surface area contributed by atoms with E-state index in [1.54, 1.807) is 0 Å². The Kier molecular flexibility index (Phi) is 10.8. The molecule has 9 nitrogen and oxygen atoms in total. The lowest BCUT2D eigenvalue weighted by Crippen LogP contribution is -2.43. The van der Waals surface area contributed by atoms with E-state index in [4.69, 9.17) is 4.74 Å². The monoisotopic (exact) mass is 585 g/mol. The molecule has 1 amide bonds. The predicted molar refractivity (Wildman–Crippen MR) is 174 cm³/mol. The molecule has 230 valence electrons. The first-order chi connectivity index (χ1) is 20.7. The van der Waals surface area contributed by atoms with Crippen molar-refractivity contribution in [1.29, 1.82) is 5.26 Å². The number of carbonyl (C=O) groups excluding carboxylic acids is 1. The second-order valence-electron chi connectivity index (χ2n) is 11.8. The fourth-order valence-electron chi connectivity index (χ4n) is 5.92. The maximum absolute atomic E-state index is 13.5. The third-order valence-corrected chi connectivity index (χ3v) is 8.36. The molecule has 4 rings (SSSR count). The van der Waals surface area contributed by atoms with Crippen LogP contribution in [0.3, 0.4) is 0 Å². The Bertz CT molecular complexity index is 1450. The van der Waals surface area contributed by atoms with E-state index in [2.05, 4.69) is 75.8 Å². The summed E-state index contributed by atoms with van der Waals surface area (Å²) >= 11 is 0. The highest BCUT2D eigenvalue weighted by atomic mass is 16.5. The van der Waals surface area contributed by atoms with Crippen LogP contribution in [0.2, 0.25) is 0 Å². The lowest BCUT2D eigenvalue weighted by molar-refractivity contribution is -0.135. The van der Waals surface area contributed by atoms with Crippen LogP contribution in [0.4, 0.5) is 0 Å². The molecule has 43 heavy (non-hydrogen) atoms. The third-order valence-electron chi connectivity index (χ3n) is 8.36. The first-order valence-corrected chi connectivity index (χ1v) is 15.4. The van der Waals surface area contributed by atoms with Crippen molar-refractivity contribution in [3.8, 4) is 17.5 Å². The number of H-pyrrole nitrogens is 1. The summed E-state index contributed by atoms with van der Waals surface area (Å²) in [6, 6.07) is 12.9. The van der Waals surface area contributed by atoms with Gasteiger partial charge in [0, 0.05) is 55.9 Å². The van der Waals surface area contributed by atoms with Crippen LogP contribution in [-0.4, -0.2) is 85.7 Å². The van der Waals surface area contributed by atoms with Crippen molar-refractivity contribution >= 4 is 22.8 Å². The molecule has 0 saturated carbocycles. The number of benzene rings is 2. The molecule has 0 atom stereocenters. The highest BCUT2D eigenvalue weighted by molar-refractivity contribution is 5.94. The Morgan fingerprint density at radius 2 is 1.81 bits per heavy atom. The predicted octanol–water partition coefficient (Wildman–Crippen LogP) is 4.49. The van der Waals surface area contributed by atoms with Gasteiger partial charge in [-0.05, 0) is 88.9 Å². The Balaban J connectivity index is 1.64. The number of fused-ring (bicyclic) bond motifs is 1. The number of nitrogens with zero attached hydrogens (tertiary/aromatic N) is 4. The van der Waals surface area contributed by atoms with Crippen molar-refractivity contribution in [1.82, 2.24) is 25.4 Å². The third kappa shape index (κ3) is 7.75. The molecule has 0 aliphatic carbocycles. The Morgan fingerprint density at radius 1 is 1.12 bits per heavy atom. The van der Waals surface area contributed by atoms with Gasteiger partial charge in [-0.25, -0.2) is 0 Å². The first-order valence-electron chi connectivity index (χ1n) is 15.4. The van der Waals surface area contributed by atoms with E-state index >= 15 is 0 Å². The Hall–Kier alpha value is -3.87. The number of carbonyl (C=O) groups is 1. The van der Waals surface area contributed by atoms with E-state index in [1.807, 2.05) is 38.8 Å². The van der Waals surface area contributed by atoms with E-state index in [1.165, 1.54) is 16.7 Å². The van der Waals surface area contributed by atoms with Gasteiger partial charge in [-0.2, -0.15) is 5.26 Å². The summed E-state index contributed by atoms with van der Waals surface area (Å²) in [6.45, 7) is 19.0. The number of aliphatic imine (C=N–C) groups is 1. The van der Waals surface area contributed by atoms with Gasteiger partial charge in [0.2, 0.25) is 11.9 Å². The topological polar surface area (TPSA) is 109 Å². The molecular weight excluding hydrogens is 538 g/mol. The normalized spacial score (nSPS) is 14.5. The van der Waals surface area contributed by atoms with Gasteiger partial charge in [-0.1, -0.05) is 23.3 Å². The smallest absolute Gasteiger partial charge is 0.232 e. The van der Waals surface area contributed by atoms with Gasteiger partial charge in [0.25, 0.3) is 0 Å². The number of aromatic amines is 1. The molecule has 2 aromatic carbocycles. The quantitative estimate of drug-likeness (QED) is 0.132. The van der Waals surface area contributed by atoms with Crippen LogP contribution in [0.1, 0.15) is 49.9 Å². The van der Waals surface area contributed by atoms with E-state index in [0.29, 0.717) is 38.6 Å². The molecule has 1 fully saturated rings. The summed E-state index contributed by atoms with van der Waals surface area (Å²) in [6.07, 6.45) is 2.71. The number of morpholine rings is 1. The van der Waals surface area contributed by atoms with Crippen molar-refractivity contribution in [3.63, 3.8) is 0 Å². The zero-order valence-corrected chi connectivity index (χ0v) is 26.6. The lowest BCUT2D eigenvalue weighted by atomic mass is 9.82. The standard InChI is InChI=1S/C34H47N7O2/c1-7-41(8-2)32(42)34(5,6)27-9-10-30-29(22-27)28(31(39-30)26-20-24(3)19-25(4)21-26)11-12-36-33(38-23-35)37-13-14-40-15-17-43-18-16-40/h9-10,19-22,39H,7-8,11-18H2,1-6H3,(H2,36,37,38). The highest BCUT2D eigenvalue weighted by Crippen LogP contribution is 2.35. The number of ether oxygens (including phenoxy) is 1. The average Bonchev–Trinajstić information content (AvgIpc) is 3.35. The maximum atomic E-state index is 13.5. The zero-order valence-electron chi connectivity index (χ0n) is 26.6. The van der Waals surface area contributed by atoms with E-state index in [9.17, 15) is 10.1 Å². The summed E-state index contributed by atoms with van der Waals surface area (Å²) in [7, 11) is 0. The molecule has 3 aromatic rings. The van der Waals surface area contributed by atoms with Crippen LogP contribution in [0.25, 0.3) is 22.2 Å². The van der Waals surface area contributed by atoms with Crippen molar-refractivity contribution in [2.45, 2.75) is 53.4 Å². The fourth-order valence-corrected chi connectivity index (χ4v) is 5.92. The summed E-state index contributed by atoms with van der Waals surface area (Å²) in [5, 5.41) is 16.5. The second kappa shape index (κ2) is 14.5. The van der Waals surface area contributed by atoms with Crippen LogP contribution in [0.15, 0.2) is 41.4 Å². The van der Waals surface area contributed by atoms with Gasteiger partial charge in [-0.15, -0.1) is 0 Å². The number of rotatable bonds is 11. The van der Waals surface area contributed by atoms with Crippen LogP contribution in [0, 0.1) is 25.3 Å². The number of likely N-dealkylation sites (N-methyl/N-ethyl adjacent to an activating group) is 1. The van der Waals surface area contributed by atoms with Crippen LogP contribution < -0.4 is 10.6 Å². The second-order valence-corrected chi connectivity index (χ2v) is 11.8. The number of hydrogen-bond acceptors (Lipinski definition) is 5. The van der Waals surface area contributed by atoms with E-state index in [0.717, 1.165) is 60.6 Å². The maximum Gasteiger partial charge on any atom is 0.232 e. The molecule has 3 N–H and O–H groups in total. The minimum Gasteiger partial charge on any atom is -0.379 e. The van der Waals surface area contributed by atoms with Crippen LogP contribution >= 0.6 is 0 Å². The summed E-state index contributed by atoms with van der Waals surface area (Å²) in [5.74, 6) is 0.612. The summed E-state index contributed by atoms with van der Waals surface area (Å²) in [4.78, 5) is 26.0. The SMILES string of the molecule is CCN(CC)C(=O)C(C)(C)c1ccc2[nH]c(-c3cc(C)cc(C)c3)c(CCNC(=NCCN3CCOCC3)NC#N)c2c1. The van der Waals surface area contributed by atoms with Crippen molar-refractivity contribution in [2.75, 3.05) is 59.0 Å². The molecule has 0 unspecified atom stereocenters. The van der Waals surface area contributed by atoms with Gasteiger partial charge in [0.05, 0.1) is 25.2 Å². The zero-order chi connectivity index (χ0) is 31.0. The largest absolute Gasteiger partial charge is 0.379 e. The molecule has 0 radical (unpaired) electrons. The minimum atomic E-state index is -0.663. The number of amides is 1. The summed E-state index contributed by atoms with van der Waals surface area (Å²) in [5.41, 5.74) is 7.16. The Morgan fingerprint density at radius 3 is 2.47 bits per heavy atom. The summed E-state index contributed by atoms with van der Waals surface area (Å²) < 4.78 is 5.43. The van der Waals surface area contributed by atoms with Crippen molar-refractivity contribution in [2.24, 2.45) is 4.99 Å². The van der Waals surface area contributed by atoms with E-state index in [-0.39, 0.29) is 5.91 Å². The van der Waals surface area contributed by atoms with Gasteiger partial charge in [0.15, 0.2) is 6.19 Å². The number of hydrogen-bond donors (Lipinski definition) is 3. The van der Waals surface area contributed by atoms with Crippen molar-refractivity contribution < 1.29 is 9.53 Å². The minimum absolute atomic E-state index is 0.130. The molecule has 1 aromatic heterocycles. The van der Waals surface area contributed by atoms with Crippen LogP contribution in [0.5, 0.6) is 0 Å². The number of nitriles is 1. The molecule has 0 bridgehead atoms. The number of aryl methyl sites for hydroxylation is 2.